The summed E-state index contributed by atoms with van der Waals surface area (Å²) in [5, 5.41) is 10.1. The van der Waals surface area contributed by atoms with Crippen LogP contribution >= 0.6 is 0 Å². The van der Waals surface area contributed by atoms with Gasteiger partial charge in [-0.1, -0.05) is 12.5 Å². The number of ether oxygens (including phenoxy) is 1. The van der Waals surface area contributed by atoms with Crippen LogP contribution in [0.15, 0.2) is 11.6 Å². The van der Waals surface area contributed by atoms with Crippen molar-refractivity contribution in [2.75, 3.05) is 6.61 Å². The first-order chi connectivity index (χ1) is 13.0. The highest BCUT2D eigenvalue weighted by Gasteiger charge is 2.78. The Kier molecular flexibility index (Phi) is 3.26. The Balaban J connectivity index is 1.39. The standard InChI is InChI=1S/C23H30O4/c1-22-6-4-15-14-3-2-13(25)9-16(14)12(11-24)8-17(15)21(22)18-10-19(18)23(22)7-5-20(26)27-23/h9,12,14-15,17-19,21,24H,2-8,10-11H2,1H3/t12-,14-,15?,17?,18+,19-,21?,22+,23+/m1/s1. The minimum Gasteiger partial charge on any atom is -0.458 e. The first-order valence-electron chi connectivity index (χ1n) is 11.1. The molecule has 0 aromatic heterocycles. The van der Waals surface area contributed by atoms with Crippen molar-refractivity contribution in [1.29, 1.82) is 0 Å². The van der Waals surface area contributed by atoms with Gasteiger partial charge in [0.05, 0.1) is 0 Å². The molecule has 1 aliphatic heterocycles. The number of carbonyl (C=O) groups excluding carboxylic acids is 2. The quantitative estimate of drug-likeness (QED) is 0.720. The number of esters is 1. The first kappa shape index (κ1) is 16.8. The molecule has 1 heterocycles. The molecule has 4 nitrogen and oxygen atoms in total. The van der Waals surface area contributed by atoms with Gasteiger partial charge in [0, 0.05) is 36.7 Å². The summed E-state index contributed by atoms with van der Waals surface area (Å²) in [6.07, 6.45) is 9.63. The zero-order valence-electron chi connectivity index (χ0n) is 16.2. The average Bonchev–Trinajstić information content (AvgIpc) is 3.29. The van der Waals surface area contributed by atoms with Crippen molar-refractivity contribution >= 4 is 11.8 Å². The molecule has 3 unspecified atom stereocenters. The summed E-state index contributed by atoms with van der Waals surface area (Å²) in [4.78, 5) is 24.1. The SMILES string of the molecule is C[C@]12CCC3C(C[C@H](CO)C4=CC(=O)CC[C@@H]43)C1[C@H]1C[C@H]1[C@@]21CCC(=O)O1. The Hall–Kier alpha value is -1.16. The van der Waals surface area contributed by atoms with Crippen LogP contribution in [0.5, 0.6) is 0 Å². The van der Waals surface area contributed by atoms with Crippen LogP contribution in [0, 0.1) is 46.8 Å². The van der Waals surface area contributed by atoms with Gasteiger partial charge >= 0.3 is 5.97 Å². The molecule has 1 saturated heterocycles. The molecular weight excluding hydrogens is 340 g/mol. The summed E-state index contributed by atoms with van der Waals surface area (Å²) in [6, 6.07) is 0. The fraction of sp³-hybridized carbons (Fsp3) is 0.826. The number of hydrogen-bond acceptors (Lipinski definition) is 4. The zero-order valence-corrected chi connectivity index (χ0v) is 16.2. The second kappa shape index (κ2) is 5.25. The molecule has 5 aliphatic carbocycles. The van der Waals surface area contributed by atoms with Crippen LogP contribution in [0.1, 0.15) is 58.3 Å². The topological polar surface area (TPSA) is 63.6 Å². The molecule has 9 atom stereocenters. The van der Waals surface area contributed by atoms with Crippen molar-refractivity contribution in [3.8, 4) is 0 Å². The predicted molar refractivity (Wildman–Crippen MR) is 98.5 cm³/mol. The van der Waals surface area contributed by atoms with Crippen molar-refractivity contribution < 1.29 is 19.4 Å². The van der Waals surface area contributed by atoms with Gasteiger partial charge < -0.3 is 9.84 Å². The van der Waals surface area contributed by atoms with E-state index in [2.05, 4.69) is 6.92 Å². The van der Waals surface area contributed by atoms with Gasteiger partial charge in [0.25, 0.3) is 0 Å². The normalized spacial score (nSPS) is 55.3. The maximum atomic E-state index is 12.1. The van der Waals surface area contributed by atoms with E-state index in [1.807, 2.05) is 6.08 Å². The molecule has 6 aliphatic rings. The molecule has 1 N–H and O–H groups in total. The summed E-state index contributed by atoms with van der Waals surface area (Å²) < 4.78 is 6.15. The van der Waals surface area contributed by atoms with Crippen LogP contribution in [-0.4, -0.2) is 29.1 Å². The van der Waals surface area contributed by atoms with Crippen LogP contribution < -0.4 is 0 Å². The molecule has 5 fully saturated rings. The highest BCUT2D eigenvalue weighted by atomic mass is 16.6. The molecular formula is C23H30O4. The molecule has 146 valence electrons. The van der Waals surface area contributed by atoms with Crippen LogP contribution in [0.3, 0.4) is 0 Å². The van der Waals surface area contributed by atoms with E-state index in [9.17, 15) is 14.7 Å². The van der Waals surface area contributed by atoms with Gasteiger partial charge in [0.15, 0.2) is 5.78 Å². The largest absolute Gasteiger partial charge is 0.458 e. The maximum Gasteiger partial charge on any atom is 0.306 e. The summed E-state index contributed by atoms with van der Waals surface area (Å²) >= 11 is 0. The van der Waals surface area contributed by atoms with Crippen LogP contribution in [0.4, 0.5) is 0 Å². The second-order valence-electron chi connectivity index (χ2n) is 10.6. The van der Waals surface area contributed by atoms with Gasteiger partial charge in [-0.15, -0.1) is 0 Å². The molecule has 0 amide bonds. The van der Waals surface area contributed by atoms with E-state index in [0.29, 0.717) is 48.3 Å². The molecule has 0 radical (unpaired) electrons. The molecule has 0 bridgehead atoms. The third kappa shape index (κ3) is 1.93. The van der Waals surface area contributed by atoms with Gasteiger partial charge in [-0.3, -0.25) is 9.59 Å². The lowest BCUT2D eigenvalue weighted by atomic mass is 9.47. The van der Waals surface area contributed by atoms with Crippen molar-refractivity contribution in [1.82, 2.24) is 0 Å². The van der Waals surface area contributed by atoms with Crippen molar-refractivity contribution in [3.05, 3.63) is 11.6 Å². The summed E-state index contributed by atoms with van der Waals surface area (Å²) in [7, 11) is 0. The summed E-state index contributed by atoms with van der Waals surface area (Å²) in [5.74, 6) is 4.09. The number of ketones is 1. The second-order valence-corrected chi connectivity index (χ2v) is 10.6. The lowest BCUT2D eigenvalue weighted by molar-refractivity contribution is -0.175. The van der Waals surface area contributed by atoms with E-state index in [1.54, 1.807) is 0 Å². The molecule has 4 heteroatoms. The maximum absolute atomic E-state index is 12.1. The molecule has 0 aromatic carbocycles. The fourth-order valence-corrected chi connectivity index (χ4v) is 8.87. The Labute approximate surface area is 160 Å². The van der Waals surface area contributed by atoms with Crippen molar-refractivity contribution in [3.63, 3.8) is 0 Å². The summed E-state index contributed by atoms with van der Waals surface area (Å²) in [6.45, 7) is 2.58. The molecule has 27 heavy (non-hydrogen) atoms. The van der Waals surface area contributed by atoms with Gasteiger partial charge in [0.1, 0.15) is 5.60 Å². The first-order valence-corrected chi connectivity index (χ1v) is 11.1. The highest BCUT2D eigenvalue weighted by Crippen LogP contribution is 2.78. The molecule has 1 spiro atoms. The monoisotopic (exact) mass is 370 g/mol. The van der Waals surface area contributed by atoms with Crippen molar-refractivity contribution in [2.24, 2.45) is 46.8 Å². The Bertz CT molecular complexity index is 755. The third-order valence-corrected chi connectivity index (χ3v) is 9.83. The van der Waals surface area contributed by atoms with E-state index in [1.165, 1.54) is 18.4 Å². The van der Waals surface area contributed by atoms with Crippen LogP contribution in [0.2, 0.25) is 0 Å². The predicted octanol–water partition coefficient (Wildman–Crippen LogP) is 3.28. The number of aliphatic hydroxyl groups is 1. The molecule has 4 saturated carbocycles. The average molecular weight is 370 g/mol. The fourth-order valence-electron chi connectivity index (χ4n) is 8.87. The lowest BCUT2D eigenvalue weighted by Gasteiger charge is -2.58. The molecule has 6 rings (SSSR count). The van der Waals surface area contributed by atoms with E-state index in [4.69, 9.17) is 4.74 Å². The minimum atomic E-state index is -0.197. The Morgan fingerprint density at radius 3 is 2.70 bits per heavy atom. The minimum absolute atomic E-state index is 0.0116. The van der Waals surface area contributed by atoms with Crippen molar-refractivity contribution in [2.45, 2.75) is 63.9 Å². The van der Waals surface area contributed by atoms with Gasteiger partial charge in [0.2, 0.25) is 0 Å². The number of fused-ring (bicyclic) bond motifs is 9. The van der Waals surface area contributed by atoms with Gasteiger partial charge in [-0.25, -0.2) is 0 Å². The Morgan fingerprint density at radius 2 is 1.96 bits per heavy atom. The Morgan fingerprint density at radius 1 is 1.11 bits per heavy atom. The number of carbonyl (C=O) groups is 2. The number of aliphatic hydroxyl groups excluding tert-OH is 1. The third-order valence-electron chi connectivity index (χ3n) is 9.83. The highest BCUT2D eigenvalue weighted by molar-refractivity contribution is 5.91. The van der Waals surface area contributed by atoms with Gasteiger partial charge in [-0.2, -0.15) is 0 Å². The van der Waals surface area contributed by atoms with Crippen LogP contribution in [-0.2, 0) is 14.3 Å². The van der Waals surface area contributed by atoms with E-state index in [-0.39, 0.29) is 35.3 Å². The number of hydrogen-bond donors (Lipinski definition) is 1. The zero-order chi connectivity index (χ0) is 18.6. The summed E-state index contributed by atoms with van der Waals surface area (Å²) in [5.41, 5.74) is 1.17. The van der Waals surface area contributed by atoms with E-state index < -0.39 is 0 Å². The molecule has 0 aromatic rings. The van der Waals surface area contributed by atoms with Crippen LogP contribution in [0.25, 0.3) is 0 Å². The lowest BCUT2D eigenvalue weighted by Crippen LogP contribution is -2.56. The van der Waals surface area contributed by atoms with E-state index >= 15 is 0 Å². The smallest absolute Gasteiger partial charge is 0.306 e. The van der Waals surface area contributed by atoms with E-state index in [0.717, 1.165) is 25.7 Å². The number of rotatable bonds is 1. The van der Waals surface area contributed by atoms with Gasteiger partial charge in [-0.05, 0) is 74.2 Å².